The van der Waals surface area contributed by atoms with Crippen molar-refractivity contribution in [1.82, 2.24) is 19.7 Å². The highest BCUT2D eigenvalue weighted by Gasteiger charge is 2.14. The summed E-state index contributed by atoms with van der Waals surface area (Å²) in [5.74, 6) is 1.10. The summed E-state index contributed by atoms with van der Waals surface area (Å²) in [6.07, 6.45) is 1.77. The van der Waals surface area contributed by atoms with Crippen LogP contribution in [0.4, 0.5) is 17.5 Å². The lowest BCUT2D eigenvalue weighted by Crippen LogP contribution is -2.10. The molecule has 2 aromatic heterocycles. The predicted octanol–water partition coefficient (Wildman–Crippen LogP) is 3.58. The van der Waals surface area contributed by atoms with Crippen molar-refractivity contribution in [2.45, 2.75) is 13.8 Å². The fraction of sp³-hybridized carbons (Fsp3) is 0.190. The third kappa shape index (κ3) is 3.65. The van der Waals surface area contributed by atoms with Crippen LogP contribution in [0.5, 0.6) is 0 Å². The number of benzene rings is 2. The van der Waals surface area contributed by atoms with Gasteiger partial charge in [0.2, 0.25) is 5.95 Å². The number of anilines is 3. The molecule has 2 aromatic carbocycles. The molecule has 0 aliphatic rings. The third-order valence-corrected chi connectivity index (χ3v) is 4.31. The van der Waals surface area contributed by atoms with Crippen molar-refractivity contribution in [2.24, 2.45) is 0 Å². The number of aliphatic hydroxyl groups excluding tert-OH is 1. The molecule has 0 radical (unpaired) electrons. The minimum atomic E-state index is -0.000813. The van der Waals surface area contributed by atoms with Gasteiger partial charge in [-0.3, -0.25) is 0 Å². The zero-order chi connectivity index (χ0) is 19.5. The molecule has 142 valence electrons. The van der Waals surface area contributed by atoms with Gasteiger partial charge in [0.15, 0.2) is 5.65 Å². The van der Waals surface area contributed by atoms with Crippen LogP contribution in [0.25, 0.3) is 16.7 Å². The molecule has 0 spiro atoms. The van der Waals surface area contributed by atoms with Gasteiger partial charge in [-0.05, 0) is 49.2 Å². The molecule has 0 atom stereocenters. The monoisotopic (exact) mass is 374 g/mol. The summed E-state index contributed by atoms with van der Waals surface area (Å²) in [6.45, 7) is 4.50. The summed E-state index contributed by atoms with van der Waals surface area (Å²) < 4.78 is 1.79. The van der Waals surface area contributed by atoms with Crippen LogP contribution < -0.4 is 10.6 Å². The van der Waals surface area contributed by atoms with Crippen molar-refractivity contribution in [1.29, 1.82) is 0 Å². The number of aromatic nitrogens is 4. The standard InChI is InChI=1S/C21H22N6O/c1-14-10-15(2)12-16(11-14)24-19-18-13-23-27(17-6-4-3-5-7-17)20(18)26-21(25-19)22-8-9-28/h3-7,10-13,28H,8-9H2,1-2H3,(H2,22,24,25,26). The molecule has 0 fully saturated rings. The Hall–Kier alpha value is -3.45. The number of rotatable bonds is 6. The Morgan fingerprint density at radius 2 is 1.75 bits per heavy atom. The number of nitrogens with zero attached hydrogens (tertiary/aromatic N) is 4. The minimum Gasteiger partial charge on any atom is -0.395 e. The lowest BCUT2D eigenvalue weighted by atomic mass is 10.1. The molecule has 4 aromatic rings. The molecule has 0 saturated heterocycles. The van der Waals surface area contributed by atoms with Crippen LogP contribution >= 0.6 is 0 Å². The van der Waals surface area contributed by atoms with E-state index in [1.165, 1.54) is 11.1 Å². The molecule has 7 nitrogen and oxygen atoms in total. The van der Waals surface area contributed by atoms with E-state index >= 15 is 0 Å². The molecule has 4 rings (SSSR count). The SMILES string of the molecule is Cc1cc(C)cc(Nc2nc(NCCO)nc3c2cnn3-c2ccccc2)c1. The predicted molar refractivity (Wildman–Crippen MR) is 111 cm³/mol. The van der Waals surface area contributed by atoms with E-state index < -0.39 is 0 Å². The maximum absolute atomic E-state index is 9.15. The Morgan fingerprint density at radius 1 is 1.00 bits per heavy atom. The van der Waals surface area contributed by atoms with Gasteiger partial charge in [0.05, 0.1) is 23.9 Å². The fourth-order valence-corrected chi connectivity index (χ4v) is 3.19. The molecule has 0 bridgehead atoms. The van der Waals surface area contributed by atoms with E-state index in [0.29, 0.717) is 24.0 Å². The summed E-state index contributed by atoms with van der Waals surface area (Å²) in [4.78, 5) is 9.22. The molecule has 2 heterocycles. The second kappa shape index (κ2) is 7.66. The molecule has 0 amide bonds. The van der Waals surface area contributed by atoms with Crippen molar-refractivity contribution in [3.8, 4) is 5.69 Å². The first-order valence-corrected chi connectivity index (χ1v) is 9.15. The fourth-order valence-electron chi connectivity index (χ4n) is 3.19. The number of hydrogen-bond acceptors (Lipinski definition) is 6. The van der Waals surface area contributed by atoms with Gasteiger partial charge in [0.1, 0.15) is 5.82 Å². The highest BCUT2D eigenvalue weighted by Crippen LogP contribution is 2.27. The number of fused-ring (bicyclic) bond motifs is 1. The first-order valence-electron chi connectivity index (χ1n) is 9.15. The topological polar surface area (TPSA) is 87.9 Å². The molecular formula is C21H22N6O. The van der Waals surface area contributed by atoms with Gasteiger partial charge in [0, 0.05) is 12.2 Å². The number of nitrogens with one attached hydrogen (secondary N) is 2. The zero-order valence-electron chi connectivity index (χ0n) is 15.8. The summed E-state index contributed by atoms with van der Waals surface area (Å²) in [5.41, 5.74) is 4.91. The summed E-state index contributed by atoms with van der Waals surface area (Å²) >= 11 is 0. The van der Waals surface area contributed by atoms with Crippen LogP contribution in [0.15, 0.2) is 54.7 Å². The third-order valence-electron chi connectivity index (χ3n) is 4.31. The Labute approximate surface area is 163 Å². The largest absolute Gasteiger partial charge is 0.395 e. The Morgan fingerprint density at radius 3 is 2.46 bits per heavy atom. The van der Waals surface area contributed by atoms with E-state index in [1.54, 1.807) is 10.9 Å². The quantitative estimate of drug-likeness (QED) is 0.478. The van der Waals surface area contributed by atoms with Crippen molar-refractivity contribution < 1.29 is 5.11 Å². The normalized spacial score (nSPS) is 11.0. The van der Waals surface area contributed by atoms with E-state index in [4.69, 9.17) is 5.11 Å². The highest BCUT2D eigenvalue weighted by atomic mass is 16.3. The molecular weight excluding hydrogens is 352 g/mol. The summed E-state index contributed by atoms with van der Waals surface area (Å²) in [7, 11) is 0. The summed E-state index contributed by atoms with van der Waals surface area (Å²) in [6, 6.07) is 16.1. The first-order chi connectivity index (χ1) is 13.6. The van der Waals surface area contributed by atoms with E-state index in [1.807, 2.05) is 30.3 Å². The van der Waals surface area contributed by atoms with Gasteiger partial charge < -0.3 is 15.7 Å². The van der Waals surface area contributed by atoms with Gasteiger partial charge in [-0.1, -0.05) is 24.3 Å². The average molecular weight is 374 g/mol. The number of aryl methyl sites for hydroxylation is 2. The highest BCUT2D eigenvalue weighted by molar-refractivity contribution is 5.90. The Kier molecular flexibility index (Phi) is 4.90. The van der Waals surface area contributed by atoms with E-state index in [2.05, 4.69) is 57.7 Å². The molecule has 28 heavy (non-hydrogen) atoms. The van der Waals surface area contributed by atoms with E-state index in [-0.39, 0.29) is 6.61 Å². The van der Waals surface area contributed by atoms with Crippen LogP contribution in [0.1, 0.15) is 11.1 Å². The molecule has 0 aliphatic heterocycles. The van der Waals surface area contributed by atoms with Crippen LogP contribution in [-0.2, 0) is 0 Å². The van der Waals surface area contributed by atoms with Crippen LogP contribution in [0.2, 0.25) is 0 Å². The van der Waals surface area contributed by atoms with E-state index in [0.717, 1.165) is 16.8 Å². The zero-order valence-corrected chi connectivity index (χ0v) is 15.8. The van der Waals surface area contributed by atoms with Gasteiger partial charge in [-0.15, -0.1) is 0 Å². The van der Waals surface area contributed by atoms with Gasteiger partial charge in [0.25, 0.3) is 0 Å². The molecule has 0 unspecified atom stereocenters. The van der Waals surface area contributed by atoms with Gasteiger partial charge in [-0.25, -0.2) is 4.68 Å². The first kappa shape index (κ1) is 17.9. The van der Waals surface area contributed by atoms with E-state index in [9.17, 15) is 0 Å². The number of hydrogen-bond donors (Lipinski definition) is 3. The Balaban J connectivity index is 1.83. The number of aliphatic hydroxyl groups is 1. The average Bonchev–Trinajstić information content (AvgIpc) is 3.10. The lowest BCUT2D eigenvalue weighted by Gasteiger charge is -2.11. The molecule has 3 N–H and O–H groups in total. The second-order valence-corrected chi connectivity index (χ2v) is 6.68. The van der Waals surface area contributed by atoms with Crippen molar-refractivity contribution in [2.75, 3.05) is 23.8 Å². The Bertz CT molecular complexity index is 1090. The molecule has 0 aliphatic carbocycles. The second-order valence-electron chi connectivity index (χ2n) is 6.68. The lowest BCUT2D eigenvalue weighted by molar-refractivity contribution is 0.311. The molecule has 7 heteroatoms. The maximum atomic E-state index is 9.15. The summed E-state index contributed by atoms with van der Waals surface area (Å²) in [5, 5.41) is 20.9. The maximum Gasteiger partial charge on any atom is 0.226 e. The van der Waals surface area contributed by atoms with Crippen molar-refractivity contribution in [3.05, 3.63) is 65.9 Å². The van der Waals surface area contributed by atoms with Crippen molar-refractivity contribution in [3.63, 3.8) is 0 Å². The van der Waals surface area contributed by atoms with Crippen molar-refractivity contribution >= 4 is 28.5 Å². The van der Waals surface area contributed by atoms with Crippen LogP contribution in [0.3, 0.4) is 0 Å². The minimum absolute atomic E-state index is 0.000813. The van der Waals surface area contributed by atoms with Gasteiger partial charge in [-0.2, -0.15) is 15.1 Å². The smallest absolute Gasteiger partial charge is 0.226 e. The van der Waals surface area contributed by atoms with Crippen LogP contribution in [-0.4, -0.2) is 38.0 Å². The number of para-hydroxylation sites is 1. The van der Waals surface area contributed by atoms with Crippen LogP contribution in [0, 0.1) is 13.8 Å². The van der Waals surface area contributed by atoms with Gasteiger partial charge >= 0.3 is 0 Å². The molecule has 0 saturated carbocycles.